The van der Waals surface area contributed by atoms with E-state index in [2.05, 4.69) is 64.4 Å². The lowest BCUT2D eigenvalue weighted by atomic mass is 9.68. The molecule has 0 unspecified atom stereocenters. The van der Waals surface area contributed by atoms with Gasteiger partial charge in [0, 0.05) is 24.7 Å². The van der Waals surface area contributed by atoms with Crippen LogP contribution in [0.2, 0.25) is 0 Å². The molecule has 3 amide bonds. The number of hydrogen-bond donors (Lipinski definition) is 1. The molecule has 1 saturated heterocycles. The molecule has 3 aliphatic rings. The fourth-order valence-corrected chi connectivity index (χ4v) is 6.66. The van der Waals surface area contributed by atoms with Gasteiger partial charge in [-0.05, 0) is 69.7 Å². The first-order valence-electron chi connectivity index (χ1n) is 14.0. The van der Waals surface area contributed by atoms with Crippen LogP contribution in [0.1, 0.15) is 57.4 Å². The van der Waals surface area contributed by atoms with Gasteiger partial charge in [-0.3, -0.25) is 9.69 Å². The SMILES string of the molecule is CCN(C)C1(c2ccccc2)CCC2(CC1)CN(CC(=O)Nc1cccc(OC)n1)C(=O)N2CC1CCC1. The minimum atomic E-state index is -0.236. The molecule has 38 heavy (non-hydrogen) atoms. The van der Waals surface area contributed by atoms with Crippen LogP contribution in [-0.4, -0.2) is 77.5 Å². The molecule has 0 atom stereocenters. The smallest absolute Gasteiger partial charge is 0.321 e. The lowest BCUT2D eigenvalue weighted by molar-refractivity contribution is -0.116. The minimum absolute atomic E-state index is 0.00158. The van der Waals surface area contributed by atoms with Crippen LogP contribution in [0.25, 0.3) is 0 Å². The number of anilines is 1. The number of ether oxygens (including phenoxy) is 1. The molecule has 2 aliphatic carbocycles. The molecule has 8 nitrogen and oxygen atoms in total. The largest absolute Gasteiger partial charge is 0.481 e. The van der Waals surface area contributed by atoms with Crippen LogP contribution in [0.15, 0.2) is 48.5 Å². The highest BCUT2D eigenvalue weighted by Gasteiger charge is 2.55. The van der Waals surface area contributed by atoms with Gasteiger partial charge in [0.2, 0.25) is 11.8 Å². The Morgan fingerprint density at radius 1 is 1.11 bits per heavy atom. The Morgan fingerprint density at radius 3 is 2.47 bits per heavy atom. The number of nitrogens with zero attached hydrogens (tertiary/aromatic N) is 4. The van der Waals surface area contributed by atoms with Crippen molar-refractivity contribution in [2.24, 2.45) is 5.92 Å². The van der Waals surface area contributed by atoms with Crippen molar-refractivity contribution in [3.63, 3.8) is 0 Å². The standard InChI is InChI=1S/C30H41N5O3/c1-4-33(2)30(24-12-6-5-7-13-24)18-16-29(17-19-30)22-34(28(37)35(29)20-23-10-8-11-23)21-26(36)31-25-14-9-15-27(32-25)38-3/h5-7,9,12-15,23H,4,8,10-11,16-22H2,1-3H3,(H,31,32,36). The van der Waals surface area contributed by atoms with Gasteiger partial charge in [0.15, 0.2) is 0 Å². The lowest BCUT2D eigenvalue weighted by Gasteiger charge is -2.52. The van der Waals surface area contributed by atoms with Crippen molar-refractivity contribution in [3.05, 3.63) is 54.1 Å². The number of benzene rings is 1. The lowest BCUT2D eigenvalue weighted by Crippen LogP contribution is -2.57. The molecule has 1 N–H and O–H groups in total. The molecule has 8 heteroatoms. The van der Waals surface area contributed by atoms with Crippen molar-refractivity contribution in [3.8, 4) is 5.88 Å². The van der Waals surface area contributed by atoms with Crippen molar-refractivity contribution in [2.75, 3.05) is 45.7 Å². The first-order valence-corrected chi connectivity index (χ1v) is 14.0. The normalized spacial score (nSPS) is 25.6. The van der Waals surface area contributed by atoms with E-state index in [0.29, 0.717) is 24.2 Å². The highest BCUT2D eigenvalue weighted by Crippen LogP contribution is 2.49. The number of nitrogens with one attached hydrogen (secondary N) is 1. The van der Waals surface area contributed by atoms with E-state index in [-0.39, 0.29) is 29.6 Å². The van der Waals surface area contributed by atoms with Crippen LogP contribution in [0.3, 0.4) is 0 Å². The maximum Gasteiger partial charge on any atom is 0.321 e. The molecule has 2 saturated carbocycles. The van der Waals surface area contributed by atoms with Gasteiger partial charge in [0.25, 0.3) is 0 Å². The number of pyridine rings is 1. The van der Waals surface area contributed by atoms with Crippen molar-refractivity contribution < 1.29 is 14.3 Å². The molecule has 1 aliphatic heterocycles. The number of carbonyl (C=O) groups is 2. The predicted octanol–water partition coefficient (Wildman–Crippen LogP) is 4.73. The zero-order valence-corrected chi connectivity index (χ0v) is 23.0. The number of aromatic nitrogens is 1. The van der Waals surface area contributed by atoms with Crippen LogP contribution in [0, 0.1) is 5.92 Å². The average Bonchev–Trinajstić information content (AvgIpc) is 3.16. The van der Waals surface area contributed by atoms with Gasteiger partial charge >= 0.3 is 6.03 Å². The molecule has 204 valence electrons. The van der Waals surface area contributed by atoms with Gasteiger partial charge in [0.1, 0.15) is 12.4 Å². The van der Waals surface area contributed by atoms with E-state index in [4.69, 9.17) is 4.74 Å². The number of amides is 3. The summed E-state index contributed by atoms with van der Waals surface area (Å²) < 4.78 is 5.17. The van der Waals surface area contributed by atoms with Gasteiger partial charge in [0.05, 0.1) is 12.6 Å². The highest BCUT2D eigenvalue weighted by atomic mass is 16.5. The Bertz CT molecular complexity index is 1130. The quantitative estimate of drug-likeness (QED) is 0.518. The summed E-state index contributed by atoms with van der Waals surface area (Å²) in [6.45, 7) is 4.61. The van der Waals surface area contributed by atoms with Gasteiger partial charge in [-0.15, -0.1) is 0 Å². The number of methoxy groups -OCH3 is 1. The summed E-state index contributed by atoms with van der Waals surface area (Å²) in [5.74, 6) is 1.20. The summed E-state index contributed by atoms with van der Waals surface area (Å²) in [7, 11) is 3.77. The monoisotopic (exact) mass is 519 g/mol. The summed E-state index contributed by atoms with van der Waals surface area (Å²) in [6.07, 6.45) is 7.47. The third kappa shape index (κ3) is 4.98. The van der Waals surface area contributed by atoms with Gasteiger partial charge in [-0.25, -0.2) is 4.79 Å². The second-order valence-corrected chi connectivity index (χ2v) is 11.3. The Morgan fingerprint density at radius 2 is 1.84 bits per heavy atom. The first kappa shape index (κ1) is 26.5. The van der Waals surface area contributed by atoms with Crippen LogP contribution in [0.5, 0.6) is 5.88 Å². The number of rotatable bonds is 9. The molecular weight excluding hydrogens is 478 g/mol. The molecule has 0 radical (unpaired) electrons. The van der Waals surface area contributed by atoms with Crippen molar-refractivity contribution in [2.45, 2.75) is 62.9 Å². The Hall–Kier alpha value is -3.13. The second-order valence-electron chi connectivity index (χ2n) is 11.3. The third-order valence-corrected chi connectivity index (χ3v) is 9.28. The summed E-state index contributed by atoms with van der Waals surface area (Å²) in [4.78, 5) is 37.4. The van der Waals surface area contributed by atoms with Crippen molar-refractivity contribution in [1.29, 1.82) is 0 Å². The molecule has 2 aromatic rings. The zero-order valence-electron chi connectivity index (χ0n) is 23.0. The number of carbonyl (C=O) groups excluding carboxylic acids is 2. The van der Waals surface area contributed by atoms with Gasteiger partial charge in [-0.1, -0.05) is 49.7 Å². The van der Waals surface area contributed by atoms with E-state index in [1.165, 1.54) is 24.8 Å². The summed E-state index contributed by atoms with van der Waals surface area (Å²) in [6, 6.07) is 16.1. The first-order chi connectivity index (χ1) is 18.4. The van der Waals surface area contributed by atoms with E-state index < -0.39 is 0 Å². The Balaban J connectivity index is 1.34. The van der Waals surface area contributed by atoms with Gasteiger partial charge in [-0.2, -0.15) is 4.98 Å². The maximum absolute atomic E-state index is 13.8. The van der Waals surface area contributed by atoms with Crippen molar-refractivity contribution >= 4 is 17.8 Å². The molecule has 1 aromatic carbocycles. The third-order valence-electron chi connectivity index (χ3n) is 9.28. The fraction of sp³-hybridized carbons (Fsp3) is 0.567. The Kier molecular flexibility index (Phi) is 7.61. The summed E-state index contributed by atoms with van der Waals surface area (Å²) in [5, 5.41) is 2.84. The van der Waals surface area contributed by atoms with E-state index in [1.807, 2.05) is 0 Å². The molecule has 2 heterocycles. The van der Waals surface area contributed by atoms with E-state index in [9.17, 15) is 9.59 Å². The van der Waals surface area contributed by atoms with E-state index >= 15 is 0 Å². The fourth-order valence-electron chi connectivity index (χ4n) is 6.66. The second kappa shape index (κ2) is 10.9. The highest BCUT2D eigenvalue weighted by molar-refractivity contribution is 5.94. The number of hydrogen-bond acceptors (Lipinski definition) is 5. The minimum Gasteiger partial charge on any atom is -0.481 e. The van der Waals surface area contributed by atoms with Crippen LogP contribution >= 0.6 is 0 Å². The van der Waals surface area contributed by atoms with E-state index in [1.54, 1.807) is 30.2 Å². The zero-order chi connectivity index (χ0) is 26.8. The predicted molar refractivity (Wildman–Crippen MR) is 148 cm³/mol. The summed E-state index contributed by atoms with van der Waals surface area (Å²) in [5.41, 5.74) is 1.10. The topological polar surface area (TPSA) is 78.0 Å². The Labute approximate surface area is 226 Å². The molecule has 5 rings (SSSR count). The maximum atomic E-state index is 13.8. The molecule has 1 aromatic heterocycles. The van der Waals surface area contributed by atoms with Crippen LogP contribution in [-0.2, 0) is 10.3 Å². The summed E-state index contributed by atoms with van der Waals surface area (Å²) >= 11 is 0. The average molecular weight is 520 g/mol. The van der Waals surface area contributed by atoms with E-state index in [0.717, 1.165) is 38.8 Å². The number of urea groups is 1. The molecular formula is C30H41N5O3. The molecule has 3 fully saturated rings. The van der Waals surface area contributed by atoms with Crippen LogP contribution in [0.4, 0.5) is 10.6 Å². The molecule has 1 spiro atoms. The molecule has 0 bridgehead atoms. The van der Waals surface area contributed by atoms with Crippen LogP contribution < -0.4 is 10.1 Å². The van der Waals surface area contributed by atoms with Gasteiger partial charge < -0.3 is 19.9 Å². The van der Waals surface area contributed by atoms with Crippen molar-refractivity contribution in [1.82, 2.24) is 19.7 Å².